The van der Waals surface area contributed by atoms with Crippen LogP contribution in [0, 0.1) is 0 Å². The Morgan fingerprint density at radius 3 is 2.67 bits per heavy atom. The van der Waals surface area contributed by atoms with Crippen LogP contribution in [0.25, 0.3) is 6.08 Å². The van der Waals surface area contributed by atoms with Gasteiger partial charge in [-0.1, -0.05) is 0 Å². The van der Waals surface area contributed by atoms with Gasteiger partial charge in [-0.3, -0.25) is 9.41 Å². The summed E-state index contributed by atoms with van der Waals surface area (Å²) in [6.45, 7) is 2.42. The minimum Gasteiger partial charge on any atom is -0.269 e. The van der Waals surface area contributed by atoms with E-state index in [2.05, 4.69) is 61.6 Å². The molecule has 18 heavy (non-hydrogen) atoms. The third kappa shape index (κ3) is 2.61. The van der Waals surface area contributed by atoms with Gasteiger partial charge in [0.25, 0.3) is 0 Å². The zero-order valence-electron chi connectivity index (χ0n) is 10.2. The van der Waals surface area contributed by atoms with E-state index < -0.39 is 23.2 Å². The Balaban J connectivity index is 0.000000810. The largest absolute Gasteiger partial charge is 0.269 e. The van der Waals surface area contributed by atoms with Gasteiger partial charge in [0.15, 0.2) is 0 Å². The molecule has 0 bridgehead atoms. The molecule has 2 aliphatic rings. The maximum atomic E-state index is 2.43. The van der Waals surface area contributed by atoms with E-state index in [1.54, 1.807) is 8.84 Å². The van der Waals surface area contributed by atoms with Crippen LogP contribution in [0.4, 0.5) is 9.41 Å². The van der Waals surface area contributed by atoms with Crippen molar-refractivity contribution in [3.8, 4) is 0 Å². The minimum absolute atomic E-state index is 0. The number of hydrogen-bond acceptors (Lipinski definition) is 0. The van der Waals surface area contributed by atoms with Crippen molar-refractivity contribution in [2.75, 3.05) is 0 Å². The van der Waals surface area contributed by atoms with Gasteiger partial charge in [-0.2, -0.15) is 0 Å². The molecule has 1 aromatic rings. The molecule has 0 amide bonds. The molecule has 3 rings (SSSR count). The van der Waals surface area contributed by atoms with Crippen molar-refractivity contribution in [3.05, 3.63) is 63.0 Å². The van der Waals surface area contributed by atoms with Crippen LogP contribution >= 0.6 is 0 Å². The zero-order chi connectivity index (χ0) is 11.0. The van der Waals surface area contributed by atoms with E-state index in [1.165, 1.54) is 12.0 Å². The molecule has 0 nitrogen and oxygen atoms in total. The number of fused-ring (bicyclic) bond motifs is 1. The van der Waals surface area contributed by atoms with Crippen LogP contribution in [-0.4, -0.2) is 0 Å². The molecule has 3 heteroatoms. The molecule has 1 atom stereocenters. The molecular formula is C15H16F2Zr. The van der Waals surface area contributed by atoms with Gasteiger partial charge in [-0.05, 0) is 0 Å². The van der Waals surface area contributed by atoms with Crippen molar-refractivity contribution < 1.29 is 32.6 Å². The second-order valence-corrected chi connectivity index (χ2v) is 9.32. The first-order valence-electron chi connectivity index (χ1n) is 5.71. The Morgan fingerprint density at radius 1 is 1.17 bits per heavy atom. The first-order chi connectivity index (χ1) is 7.78. The number of halogens is 2. The monoisotopic (exact) mass is 324 g/mol. The number of hydrogen-bond donors (Lipinski definition) is 0. The second kappa shape index (κ2) is 5.88. The topological polar surface area (TPSA) is 0 Å². The van der Waals surface area contributed by atoms with Crippen LogP contribution < -0.4 is 0 Å². The Kier molecular flexibility index (Phi) is 4.98. The Hall–Kier alpha value is -0.817. The maximum absolute atomic E-state index is 2.43. The van der Waals surface area contributed by atoms with E-state index in [4.69, 9.17) is 0 Å². The van der Waals surface area contributed by atoms with Crippen LogP contribution in [0.5, 0.6) is 0 Å². The fourth-order valence-corrected chi connectivity index (χ4v) is 6.37. The van der Waals surface area contributed by atoms with E-state index in [0.717, 1.165) is 0 Å². The third-order valence-corrected chi connectivity index (χ3v) is 7.36. The summed E-state index contributed by atoms with van der Waals surface area (Å²) in [5.41, 5.74) is 2.98. The summed E-state index contributed by atoms with van der Waals surface area (Å²) in [6.07, 6.45) is 12.8. The minimum atomic E-state index is -0.537. The molecule has 0 saturated heterocycles. The van der Waals surface area contributed by atoms with Crippen LogP contribution in [0.1, 0.15) is 24.5 Å². The Bertz CT molecular complexity index is 517. The molecule has 2 aliphatic carbocycles. The van der Waals surface area contributed by atoms with Crippen LogP contribution in [0.3, 0.4) is 0 Å². The van der Waals surface area contributed by atoms with Crippen molar-refractivity contribution in [1.82, 2.24) is 0 Å². The molecule has 0 heterocycles. The van der Waals surface area contributed by atoms with Gasteiger partial charge in [-0.25, -0.2) is 0 Å². The van der Waals surface area contributed by atoms with E-state index >= 15 is 0 Å². The Labute approximate surface area is 118 Å². The quantitative estimate of drug-likeness (QED) is 0.766. The summed E-state index contributed by atoms with van der Waals surface area (Å²) in [4.78, 5) is 0. The first kappa shape index (κ1) is 15.2. The zero-order valence-corrected chi connectivity index (χ0v) is 12.7. The van der Waals surface area contributed by atoms with E-state index in [1.807, 2.05) is 0 Å². The molecule has 1 aromatic carbocycles. The fourth-order valence-electron chi connectivity index (χ4n) is 2.44. The normalized spacial score (nSPS) is 22.8. The average Bonchev–Trinajstić information content (AvgIpc) is 2.89. The third-order valence-electron chi connectivity index (χ3n) is 3.31. The van der Waals surface area contributed by atoms with Gasteiger partial charge in [0.2, 0.25) is 0 Å². The standard InChI is InChI=1S/C10H9.C5H5.2FH.Zr/c1-8-6-7-9-4-2-3-5-10(8)9;1-2-4-5-3-1;;;/h2-7H,1H3;1-3H,4H2;2*1H;. The van der Waals surface area contributed by atoms with E-state index in [9.17, 15) is 0 Å². The predicted molar refractivity (Wildman–Crippen MR) is 69.7 cm³/mol. The molecule has 1 unspecified atom stereocenters. The summed E-state index contributed by atoms with van der Waals surface area (Å²) in [6, 6.07) is 8.85. The summed E-state index contributed by atoms with van der Waals surface area (Å²) in [5, 5.41) is 0. The maximum Gasteiger partial charge on any atom is -0.269 e. The molecule has 0 fully saturated rings. The molecule has 0 saturated carbocycles. The number of rotatable bonds is 2. The summed E-state index contributed by atoms with van der Waals surface area (Å²) >= 11 is -0.537. The first-order valence-corrected chi connectivity index (χ1v) is 8.16. The summed E-state index contributed by atoms with van der Waals surface area (Å²) in [5.74, 6) is 0. The van der Waals surface area contributed by atoms with Gasteiger partial charge in [-0.15, -0.1) is 0 Å². The second-order valence-electron chi connectivity index (χ2n) is 4.57. The van der Waals surface area contributed by atoms with Crippen LogP contribution in [0.2, 0.25) is 0 Å². The number of benzene rings is 1. The molecule has 0 aliphatic heterocycles. The molecule has 0 aromatic heterocycles. The molecule has 0 N–H and O–H groups in total. The van der Waals surface area contributed by atoms with Gasteiger partial charge >= 0.3 is 109 Å². The molecule has 94 valence electrons. The molecular weight excluding hydrogens is 309 g/mol. The van der Waals surface area contributed by atoms with Gasteiger partial charge in [0.1, 0.15) is 0 Å². The molecule has 0 radical (unpaired) electrons. The smallest absolute Gasteiger partial charge is 0.269 e. The van der Waals surface area contributed by atoms with Gasteiger partial charge in [0.05, 0.1) is 0 Å². The fraction of sp³-hybridized carbons (Fsp3) is 0.200. The van der Waals surface area contributed by atoms with E-state index in [-0.39, 0.29) is 9.41 Å². The van der Waals surface area contributed by atoms with Crippen molar-refractivity contribution >= 4 is 6.08 Å². The van der Waals surface area contributed by atoms with Crippen molar-refractivity contribution in [1.29, 1.82) is 0 Å². The average molecular weight is 326 g/mol. The van der Waals surface area contributed by atoms with Crippen molar-refractivity contribution in [3.63, 3.8) is 0 Å². The van der Waals surface area contributed by atoms with Crippen LogP contribution in [0.15, 0.2) is 51.9 Å². The van der Waals surface area contributed by atoms with Crippen molar-refractivity contribution in [2.45, 2.75) is 16.5 Å². The van der Waals surface area contributed by atoms with Gasteiger partial charge in [0, 0.05) is 0 Å². The summed E-state index contributed by atoms with van der Waals surface area (Å²) < 4.78 is 2.09. The summed E-state index contributed by atoms with van der Waals surface area (Å²) in [7, 11) is 0. The number of allylic oxidation sites excluding steroid dienone is 5. The van der Waals surface area contributed by atoms with Crippen LogP contribution in [-0.2, 0) is 26.4 Å². The Morgan fingerprint density at radius 2 is 1.94 bits per heavy atom. The van der Waals surface area contributed by atoms with Gasteiger partial charge < -0.3 is 0 Å². The van der Waals surface area contributed by atoms with E-state index in [0.29, 0.717) is 3.12 Å². The predicted octanol–water partition coefficient (Wildman–Crippen LogP) is 4.16. The van der Waals surface area contributed by atoms with Crippen molar-refractivity contribution in [2.24, 2.45) is 0 Å². The SMILES string of the molecule is C[C]1([Zr][C]2=CC=CC2)C=Cc2ccccc21.F.F. The molecule has 0 spiro atoms.